The van der Waals surface area contributed by atoms with Gasteiger partial charge < -0.3 is 10.0 Å². The lowest BCUT2D eigenvalue weighted by atomic mass is 9.97. The van der Waals surface area contributed by atoms with Gasteiger partial charge in [-0.1, -0.05) is 19.1 Å². The molecule has 0 radical (unpaired) electrons. The Kier molecular flexibility index (Phi) is 4.77. The number of hydrogen-bond acceptors (Lipinski definition) is 2. The van der Waals surface area contributed by atoms with E-state index in [2.05, 4.69) is 11.8 Å². The molecular formula is C16H20FNO2. The van der Waals surface area contributed by atoms with Crippen LogP contribution in [0.3, 0.4) is 0 Å². The monoisotopic (exact) mass is 277 g/mol. The molecule has 20 heavy (non-hydrogen) atoms. The van der Waals surface area contributed by atoms with E-state index < -0.39 is 5.97 Å². The largest absolute Gasteiger partial charge is 0.478 e. The number of rotatable bonds is 4. The highest BCUT2D eigenvalue weighted by molar-refractivity contribution is 5.87. The molecule has 1 atom stereocenters. The molecule has 0 aliphatic carbocycles. The first-order chi connectivity index (χ1) is 9.63. The molecule has 1 aliphatic heterocycles. The topological polar surface area (TPSA) is 40.5 Å². The molecule has 3 nitrogen and oxygen atoms in total. The van der Waals surface area contributed by atoms with E-state index in [9.17, 15) is 9.18 Å². The number of carboxylic acid groups (broad SMARTS) is 1. The summed E-state index contributed by atoms with van der Waals surface area (Å²) in [5.41, 5.74) is 1.17. The molecule has 1 heterocycles. The maximum atomic E-state index is 14.2. The Bertz CT molecular complexity index is 513. The second-order valence-corrected chi connectivity index (χ2v) is 5.10. The Morgan fingerprint density at radius 1 is 1.50 bits per heavy atom. The van der Waals surface area contributed by atoms with E-state index in [0.717, 1.165) is 31.9 Å². The number of halogens is 1. The zero-order chi connectivity index (χ0) is 14.5. The summed E-state index contributed by atoms with van der Waals surface area (Å²) in [7, 11) is 0. The number of carboxylic acids is 1. The minimum atomic E-state index is -1.02. The fraction of sp³-hybridized carbons (Fsp3) is 0.438. The van der Waals surface area contributed by atoms with Gasteiger partial charge in [-0.2, -0.15) is 0 Å². The molecule has 1 unspecified atom stereocenters. The van der Waals surface area contributed by atoms with E-state index in [1.54, 1.807) is 12.1 Å². The predicted molar refractivity (Wildman–Crippen MR) is 78.3 cm³/mol. The Hall–Kier alpha value is -1.84. The summed E-state index contributed by atoms with van der Waals surface area (Å²) in [6.07, 6.45) is 6.78. The van der Waals surface area contributed by atoms with Crippen LogP contribution in [0.1, 0.15) is 38.2 Å². The van der Waals surface area contributed by atoms with Crippen molar-refractivity contribution in [2.45, 2.75) is 38.6 Å². The zero-order valence-corrected chi connectivity index (χ0v) is 11.7. The van der Waals surface area contributed by atoms with Crippen molar-refractivity contribution in [3.05, 3.63) is 35.7 Å². The van der Waals surface area contributed by atoms with Crippen LogP contribution >= 0.6 is 0 Å². The molecule has 1 aromatic rings. The molecule has 0 bridgehead atoms. The Labute approximate surface area is 118 Å². The second kappa shape index (κ2) is 6.55. The standard InChI is InChI=1S/C16H20FNO2/c1-2-13-7-3-4-11-18(13)16-12(9-10-15(19)20)6-5-8-14(16)17/h5-6,8-10,13H,2-4,7,11H2,1H3,(H,19,20)/b10-9+. The van der Waals surface area contributed by atoms with Crippen molar-refractivity contribution < 1.29 is 14.3 Å². The third-order valence-electron chi connectivity index (χ3n) is 3.81. The third kappa shape index (κ3) is 3.18. The summed E-state index contributed by atoms with van der Waals surface area (Å²) in [6, 6.07) is 5.15. The van der Waals surface area contributed by atoms with E-state index >= 15 is 0 Å². The molecule has 0 aromatic heterocycles. The van der Waals surface area contributed by atoms with Gasteiger partial charge in [0.1, 0.15) is 5.82 Å². The molecule has 1 N–H and O–H groups in total. The molecule has 1 fully saturated rings. The summed E-state index contributed by atoms with van der Waals surface area (Å²) < 4.78 is 14.2. The number of nitrogens with zero attached hydrogens (tertiary/aromatic N) is 1. The van der Waals surface area contributed by atoms with Gasteiger partial charge >= 0.3 is 5.97 Å². The summed E-state index contributed by atoms with van der Waals surface area (Å²) in [4.78, 5) is 12.8. The number of aliphatic carboxylic acids is 1. The third-order valence-corrected chi connectivity index (χ3v) is 3.81. The van der Waals surface area contributed by atoms with Gasteiger partial charge in [0.05, 0.1) is 5.69 Å². The van der Waals surface area contributed by atoms with Crippen molar-refractivity contribution in [3.8, 4) is 0 Å². The van der Waals surface area contributed by atoms with E-state index in [0.29, 0.717) is 17.3 Å². The molecule has 0 saturated carbocycles. The summed E-state index contributed by atoms with van der Waals surface area (Å²) in [5, 5.41) is 8.75. The fourth-order valence-electron chi connectivity index (χ4n) is 2.85. The number of benzene rings is 1. The summed E-state index contributed by atoms with van der Waals surface area (Å²) in [5.74, 6) is -1.30. The van der Waals surface area contributed by atoms with Crippen LogP contribution in [0.5, 0.6) is 0 Å². The first kappa shape index (κ1) is 14.6. The fourth-order valence-corrected chi connectivity index (χ4v) is 2.85. The minimum absolute atomic E-state index is 0.280. The summed E-state index contributed by atoms with van der Waals surface area (Å²) >= 11 is 0. The van der Waals surface area contributed by atoms with Gasteiger partial charge in [-0.25, -0.2) is 9.18 Å². The number of carbonyl (C=O) groups is 1. The van der Waals surface area contributed by atoms with Gasteiger partial charge in [0.25, 0.3) is 0 Å². The second-order valence-electron chi connectivity index (χ2n) is 5.10. The molecule has 4 heteroatoms. The van der Waals surface area contributed by atoms with Crippen molar-refractivity contribution in [1.82, 2.24) is 0 Å². The first-order valence-corrected chi connectivity index (χ1v) is 7.09. The number of para-hydroxylation sites is 1. The van der Waals surface area contributed by atoms with E-state index in [1.807, 2.05) is 0 Å². The highest BCUT2D eigenvalue weighted by Gasteiger charge is 2.24. The molecule has 1 aliphatic rings. The van der Waals surface area contributed by atoms with Crippen molar-refractivity contribution in [1.29, 1.82) is 0 Å². The van der Waals surface area contributed by atoms with Crippen molar-refractivity contribution >= 4 is 17.7 Å². The van der Waals surface area contributed by atoms with Gasteiger partial charge in [0.2, 0.25) is 0 Å². The lowest BCUT2D eigenvalue weighted by Crippen LogP contribution is -2.40. The van der Waals surface area contributed by atoms with Gasteiger partial charge in [-0.3, -0.25) is 0 Å². The molecule has 0 amide bonds. The number of piperidine rings is 1. The zero-order valence-electron chi connectivity index (χ0n) is 11.7. The Balaban J connectivity index is 2.40. The van der Waals surface area contributed by atoms with Crippen LogP contribution in [0.25, 0.3) is 6.08 Å². The van der Waals surface area contributed by atoms with Gasteiger partial charge in [-0.05, 0) is 37.8 Å². The van der Waals surface area contributed by atoms with Crippen LogP contribution in [0.15, 0.2) is 24.3 Å². The molecule has 0 spiro atoms. The van der Waals surface area contributed by atoms with Crippen LogP contribution in [0.4, 0.5) is 10.1 Å². The minimum Gasteiger partial charge on any atom is -0.478 e. The Morgan fingerprint density at radius 3 is 3.00 bits per heavy atom. The predicted octanol–water partition coefficient (Wildman–Crippen LogP) is 3.69. The maximum Gasteiger partial charge on any atom is 0.328 e. The van der Waals surface area contributed by atoms with Crippen molar-refractivity contribution in [3.63, 3.8) is 0 Å². The van der Waals surface area contributed by atoms with Crippen molar-refractivity contribution in [2.24, 2.45) is 0 Å². The molecule has 1 aromatic carbocycles. The lowest BCUT2D eigenvalue weighted by Gasteiger charge is -2.38. The molecule has 108 valence electrons. The highest BCUT2D eigenvalue weighted by Crippen LogP contribution is 2.32. The van der Waals surface area contributed by atoms with E-state index in [-0.39, 0.29) is 5.82 Å². The van der Waals surface area contributed by atoms with Crippen molar-refractivity contribution in [2.75, 3.05) is 11.4 Å². The van der Waals surface area contributed by atoms with Gasteiger partial charge in [0.15, 0.2) is 0 Å². The molecule has 1 saturated heterocycles. The van der Waals surface area contributed by atoms with E-state index in [1.165, 1.54) is 18.6 Å². The average Bonchev–Trinajstić information content (AvgIpc) is 2.45. The Morgan fingerprint density at radius 2 is 2.30 bits per heavy atom. The SMILES string of the molecule is CCC1CCCCN1c1c(F)cccc1/C=C/C(=O)O. The van der Waals surface area contributed by atoms with Crippen LogP contribution in [-0.2, 0) is 4.79 Å². The molecular weight excluding hydrogens is 257 g/mol. The first-order valence-electron chi connectivity index (χ1n) is 7.09. The number of anilines is 1. The smallest absolute Gasteiger partial charge is 0.328 e. The van der Waals surface area contributed by atoms with Crippen LogP contribution in [0.2, 0.25) is 0 Å². The quantitative estimate of drug-likeness (QED) is 0.853. The van der Waals surface area contributed by atoms with Crippen LogP contribution in [-0.4, -0.2) is 23.7 Å². The van der Waals surface area contributed by atoms with Crippen LogP contribution in [0, 0.1) is 5.82 Å². The van der Waals surface area contributed by atoms with Gasteiger partial charge in [-0.15, -0.1) is 0 Å². The highest BCUT2D eigenvalue weighted by atomic mass is 19.1. The maximum absolute atomic E-state index is 14.2. The average molecular weight is 277 g/mol. The van der Waals surface area contributed by atoms with Crippen LogP contribution < -0.4 is 4.90 Å². The van der Waals surface area contributed by atoms with E-state index in [4.69, 9.17) is 5.11 Å². The lowest BCUT2D eigenvalue weighted by molar-refractivity contribution is -0.131. The molecule has 2 rings (SSSR count). The number of hydrogen-bond donors (Lipinski definition) is 1. The normalized spacial score (nSPS) is 19.5. The summed E-state index contributed by atoms with van der Waals surface area (Å²) in [6.45, 7) is 2.93. The van der Waals surface area contributed by atoms with Gasteiger partial charge in [0, 0.05) is 24.2 Å².